The Hall–Kier alpha value is -1.85. The van der Waals surface area contributed by atoms with Crippen LogP contribution in [0.5, 0.6) is 0 Å². The van der Waals surface area contributed by atoms with Crippen molar-refractivity contribution >= 4 is 11.9 Å². The Labute approximate surface area is 144 Å². The Bertz CT molecular complexity index is 581. The molecule has 1 unspecified atom stereocenters. The highest BCUT2D eigenvalue weighted by Crippen LogP contribution is 2.29. The first-order valence-electron chi connectivity index (χ1n) is 8.74. The van der Waals surface area contributed by atoms with Crippen LogP contribution >= 0.6 is 0 Å². The van der Waals surface area contributed by atoms with E-state index < -0.39 is 0 Å². The number of aromatic nitrogens is 2. The molecule has 1 amide bonds. The molecule has 1 atom stereocenters. The summed E-state index contributed by atoms with van der Waals surface area (Å²) in [6, 6.07) is 0.224. The number of carbonyl (C=O) groups excluding carboxylic acids is 2. The van der Waals surface area contributed by atoms with Gasteiger partial charge in [0.05, 0.1) is 24.4 Å². The van der Waals surface area contributed by atoms with E-state index in [0.717, 1.165) is 25.9 Å². The first-order chi connectivity index (χ1) is 11.2. The normalized spacial score (nSPS) is 17.6. The molecule has 0 aliphatic carbocycles. The molecular weight excluding hydrogens is 306 g/mol. The molecule has 6 nitrogen and oxygen atoms in total. The van der Waals surface area contributed by atoms with Crippen molar-refractivity contribution in [2.45, 2.75) is 53.5 Å². The molecule has 1 saturated heterocycles. The van der Waals surface area contributed by atoms with Gasteiger partial charge in [0.2, 0.25) is 5.91 Å². The number of amides is 1. The molecule has 0 aromatic carbocycles. The fourth-order valence-electron chi connectivity index (χ4n) is 2.85. The fourth-order valence-corrected chi connectivity index (χ4v) is 2.85. The number of hydrogen-bond acceptors (Lipinski definition) is 4. The Balaban J connectivity index is 1.93. The predicted octanol–water partition coefficient (Wildman–Crippen LogP) is 2.91. The molecule has 1 aliphatic rings. The quantitative estimate of drug-likeness (QED) is 0.794. The molecule has 1 aliphatic heterocycles. The molecular formula is C18H29N3O3. The van der Waals surface area contributed by atoms with Gasteiger partial charge >= 0.3 is 5.97 Å². The summed E-state index contributed by atoms with van der Waals surface area (Å²) < 4.78 is 6.82. The van der Waals surface area contributed by atoms with Gasteiger partial charge in [-0.2, -0.15) is 5.10 Å². The molecule has 0 spiro atoms. The third-order valence-electron chi connectivity index (χ3n) is 4.93. The van der Waals surface area contributed by atoms with Crippen molar-refractivity contribution in [3.63, 3.8) is 0 Å². The summed E-state index contributed by atoms with van der Waals surface area (Å²) in [5.41, 5.74) is 0.460. The summed E-state index contributed by atoms with van der Waals surface area (Å²) in [6.07, 6.45) is 5.01. The summed E-state index contributed by atoms with van der Waals surface area (Å²) in [6.45, 7) is 11.9. The molecule has 2 heterocycles. The van der Waals surface area contributed by atoms with Crippen LogP contribution in [0.2, 0.25) is 0 Å². The summed E-state index contributed by atoms with van der Waals surface area (Å²) in [4.78, 5) is 26.3. The van der Waals surface area contributed by atoms with Gasteiger partial charge in [-0.25, -0.2) is 4.79 Å². The summed E-state index contributed by atoms with van der Waals surface area (Å²) in [5.74, 6) is -0.0989. The molecule has 134 valence electrons. The largest absolute Gasteiger partial charge is 0.462 e. The number of nitrogens with zero attached hydrogens (tertiary/aromatic N) is 3. The van der Waals surface area contributed by atoms with E-state index in [1.807, 2.05) is 16.5 Å². The zero-order chi connectivity index (χ0) is 17.9. The highest BCUT2D eigenvalue weighted by Gasteiger charge is 2.32. The first-order valence-corrected chi connectivity index (χ1v) is 8.74. The zero-order valence-corrected chi connectivity index (χ0v) is 15.4. The molecule has 0 bridgehead atoms. The standard InChI is InChI=1S/C18H29N3O3/c1-6-24-17(23)14-11-19-21(12-14)15-7-9-20(10-8-15)16(22)13(2)18(3,4)5/h11-13,15H,6-10H2,1-5H3. The van der Waals surface area contributed by atoms with Gasteiger partial charge in [0, 0.05) is 25.2 Å². The smallest absolute Gasteiger partial charge is 0.341 e. The molecule has 1 aromatic rings. The lowest BCUT2D eigenvalue weighted by Crippen LogP contribution is -2.44. The third-order valence-corrected chi connectivity index (χ3v) is 4.93. The molecule has 6 heteroatoms. The second-order valence-corrected chi connectivity index (χ2v) is 7.57. The van der Waals surface area contributed by atoms with Gasteiger partial charge in [-0.1, -0.05) is 27.7 Å². The maximum atomic E-state index is 12.6. The molecule has 1 fully saturated rings. The number of hydrogen-bond donors (Lipinski definition) is 0. The number of piperidine rings is 1. The van der Waals surface area contributed by atoms with Crippen molar-refractivity contribution < 1.29 is 14.3 Å². The van der Waals surface area contributed by atoms with E-state index >= 15 is 0 Å². The van der Waals surface area contributed by atoms with Crippen molar-refractivity contribution in [3.05, 3.63) is 18.0 Å². The van der Waals surface area contributed by atoms with E-state index in [9.17, 15) is 9.59 Å². The minimum Gasteiger partial charge on any atom is -0.462 e. The van der Waals surface area contributed by atoms with Crippen molar-refractivity contribution in [2.24, 2.45) is 11.3 Å². The summed E-state index contributed by atoms with van der Waals surface area (Å²) in [7, 11) is 0. The van der Waals surface area contributed by atoms with Crippen LogP contribution in [0.15, 0.2) is 12.4 Å². The van der Waals surface area contributed by atoms with Crippen LogP contribution in [-0.2, 0) is 9.53 Å². The molecule has 0 N–H and O–H groups in total. The summed E-state index contributed by atoms with van der Waals surface area (Å²) in [5, 5.41) is 4.30. The Morgan fingerprint density at radius 3 is 2.50 bits per heavy atom. The highest BCUT2D eigenvalue weighted by atomic mass is 16.5. The van der Waals surface area contributed by atoms with Gasteiger partial charge in [-0.15, -0.1) is 0 Å². The highest BCUT2D eigenvalue weighted by molar-refractivity contribution is 5.88. The van der Waals surface area contributed by atoms with E-state index in [4.69, 9.17) is 4.74 Å². The first kappa shape index (κ1) is 18.5. The van der Waals surface area contributed by atoms with Gasteiger partial charge in [0.25, 0.3) is 0 Å². The van der Waals surface area contributed by atoms with E-state index in [0.29, 0.717) is 12.2 Å². The van der Waals surface area contributed by atoms with Crippen molar-refractivity contribution in [3.8, 4) is 0 Å². The molecule has 0 radical (unpaired) electrons. The van der Waals surface area contributed by atoms with Crippen LogP contribution in [0, 0.1) is 11.3 Å². The predicted molar refractivity (Wildman–Crippen MR) is 91.7 cm³/mol. The summed E-state index contributed by atoms with van der Waals surface area (Å²) >= 11 is 0. The van der Waals surface area contributed by atoms with Crippen molar-refractivity contribution in [1.82, 2.24) is 14.7 Å². The van der Waals surface area contributed by atoms with Crippen molar-refractivity contribution in [2.75, 3.05) is 19.7 Å². The average molecular weight is 335 g/mol. The number of likely N-dealkylation sites (tertiary alicyclic amines) is 1. The topological polar surface area (TPSA) is 64.4 Å². The second kappa shape index (κ2) is 7.36. The fraction of sp³-hybridized carbons (Fsp3) is 0.722. The second-order valence-electron chi connectivity index (χ2n) is 7.57. The molecule has 24 heavy (non-hydrogen) atoms. The maximum absolute atomic E-state index is 12.6. The van der Waals surface area contributed by atoms with Crippen molar-refractivity contribution in [1.29, 1.82) is 0 Å². The van der Waals surface area contributed by atoms with Crippen LogP contribution in [0.4, 0.5) is 0 Å². The Morgan fingerprint density at radius 1 is 1.33 bits per heavy atom. The zero-order valence-electron chi connectivity index (χ0n) is 15.4. The lowest BCUT2D eigenvalue weighted by atomic mass is 9.81. The van der Waals surface area contributed by atoms with Crippen LogP contribution in [0.3, 0.4) is 0 Å². The van der Waals surface area contributed by atoms with Gasteiger partial charge in [-0.05, 0) is 25.2 Å². The third kappa shape index (κ3) is 4.16. The Morgan fingerprint density at radius 2 is 1.96 bits per heavy atom. The molecule has 0 saturated carbocycles. The monoisotopic (exact) mass is 335 g/mol. The van der Waals surface area contributed by atoms with Gasteiger partial charge in [0.15, 0.2) is 0 Å². The van der Waals surface area contributed by atoms with E-state index in [-0.39, 0.29) is 29.3 Å². The van der Waals surface area contributed by atoms with Crippen LogP contribution in [0.1, 0.15) is 63.9 Å². The van der Waals surface area contributed by atoms with E-state index in [1.165, 1.54) is 0 Å². The van der Waals surface area contributed by atoms with Crippen LogP contribution in [-0.4, -0.2) is 46.3 Å². The van der Waals surface area contributed by atoms with Crippen LogP contribution < -0.4 is 0 Å². The SMILES string of the molecule is CCOC(=O)c1cnn(C2CCN(C(=O)C(C)C(C)(C)C)CC2)c1. The van der Waals surface area contributed by atoms with Crippen LogP contribution in [0.25, 0.3) is 0 Å². The lowest BCUT2D eigenvalue weighted by molar-refractivity contribution is -0.139. The van der Waals surface area contributed by atoms with E-state index in [2.05, 4.69) is 25.9 Å². The minimum absolute atomic E-state index is 0.00849. The average Bonchev–Trinajstić information content (AvgIpc) is 3.03. The number of esters is 1. The van der Waals surface area contributed by atoms with E-state index in [1.54, 1.807) is 19.3 Å². The number of ether oxygens (including phenoxy) is 1. The number of rotatable bonds is 4. The van der Waals surface area contributed by atoms with Gasteiger partial charge in [0.1, 0.15) is 0 Å². The number of carbonyl (C=O) groups is 2. The lowest BCUT2D eigenvalue weighted by Gasteiger charge is -2.36. The minimum atomic E-state index is -0.338. The van der Waals surface area contributed by atoms with Gasteiger partial charge in [-0.3, -0.25) is 9.48 Å². The Kier molecular flexibility index (Phi) is 5.67. The molecule has 1 aromatic heterocycles. The maximum Gasteiger partial charge on any atom is 0.341 e. The molecule has 2 rings (SSSR count). The van der Waals surface area contributed by atoms with Gasteiger partial charge < -0.3 is 9.64 Å².